The van der Waals surface area contributed by atoms with Crippen molar-refractivity contribution >= 4 is 34.8 Å². The summed E-state index contributed by atoms with van der Waals surface area (Å²) in [5, 5.41) is 5.37. The maximum Gasteiger partial charge on any atom is 0.255 e. The Morgan fingerprint density at radius 3 is 2.19 bits per heavy atom. The van der Waals surface area contributed by atoms with E-state index in [0.717, 1.165) is 5.56 Å². The van der Waals surface area contributed by atoms with Crippen molar-refractivity contribution < 1.29 is 14.0 Å². The molecule has 136 valence electrons. The SMILES string of the molecule is O=C(Cc1ccccc1)Nc1ccc(C(=O)Nc2ccc(F)c(Cl)c2)cc1. The van der Waals surface area contributed by atoms with Gasteiger partial charge in [0.25, 0.3) is 5.91 Å². The van der Waals surface area contributed by atoms with Crippen LogP contribution in [0.4, 0.5) is 15.8 Å². The third-order valence-electron chi connectivity index (χ3n) is 3.82. The third kappa shape index (κ3) is 5.15. The molecule has 0 heterocycles. The number of nitrogens with one attached hydrogen (secondary N) is 2. The van der Waals surface area contributed by atoms with Gasteiger partial charge >= 0.3 is 0 Å². The first-order chi connectivity index (χ1) is 13.0. The fourth-order valence-corrected chi connectivity index (χ4v) is 2.65. The molecular formula is C21H16ClFN2O2. The Morgan fingerprint density at radius 1 is 0.852 bits per heavy atom. The summed E-state index contributed by atoms with van der Waals surface area (Å²) in [6.45, 7) is 0. The summed E-state index contributed by atoms with van der Waals surface area (Å²) in [5.41, 5.74) is 2.31. The van der Waals surface area contributed by atoms with E-state index < -0.39 is 5.82 Å². The van der Waals surface area contributed by atoms with E-state index in [1.807, 2.05) is 30.3 Å². The molecule has 0 unspecified atom stereocenters. The first-order valence-corrected chi connectivity index (χ1v) is 8.59. The predicted molar refractivity (Wildman–Crippen MR) is 105 cm³/mol. The van der Waals surface area contributed by atoms with Crippen molar-refractivity contribution in [2.24, 2.45) is 0 Å². The monoisotopic (exact) mass is 382 g/mol. The van der Waals surface area contributed by atoms with Gasteiger partial charge in [-0.2, -0.15) is 0 Å². The molecule has 0 aliphatic carbocycles. The summed E-state index contributed by atoms with van der Waals surface area (Å²) in [4.78, 5) is 24.3. The predicted octanol–water partition coefficient (Wildman–Crippen LogP) is 4.91. The van der Waals surface area contributed by atoms with Crippen molar-refractivity contribution in [2.75, 3.05) is 10.6 Å². The molecule has 6 heteroatoms. The average molecular weight is 383 g/mol. The second-order valence-electron chi connectivity index (χ2n) is 5.87. The third-order valence-corrected chi connectivity index (χ3v) is 4.11. The van der Waals surface area contributed by atoms with Crippen LogP contribution < -0.4 is 10.6 Å². The summed E-state index contributed by atoms with van der Waals surface area (Å²) < 4.78 is 13.2. The number of anilines is 2. The summed E-state index contributed by atoms with van der Waals surface area (Å²) in [7, 11) is 0. The molecule has 0 aromatic heterocycles. The second-order valence-corrected chi connectivity index (χ2v) is 6.28. The highest BCUT2D eigenvalue weighted by Gasteiger charge is 2.09. The van der Waals surface area contributed by atoms with Gasteiger partial charge in [0.15, 0.2) is 0 Å². The zero-order valence-electron chi connectivity index (χ0n) is 14.2. The Kier molecular flexibility index (Phi) is 5.84. The van der Waals surface area contributed by atoms with Crippen LogP contribution in [-0.2, 0) is 11.2 Å². The van der Waals surface area contributed by atoms with Crippen LogP contribution in [0.3, 0.4) is 0 Å². The summed E-state index contributed by atoms with van der Waals surface area (Å²) in [6.07, 6.45) is 0.272. The smallest absolute Gasteiger partial charge is 0.255 e. The van der Waals surface area contributed by atoms with Crippen molar-refractivity contribution in [3.8, 4) is 0 Å². The number of halogens is 2. The number of hydrogen-bond acceptors (Lipinski definition) is 2. The van der Waals surface area contributed by atoms with Gasteiger partial charge in [0.2, 0.25) is 5.91 Å². The van der Waals surface area contributed by atoms with Crippen molar-refractivity contribution in [3.05, 3.63) is 94.8 Å². The van der Waals surface area contributed by atoms with Gasteiger partial charge in [0.05, 0.1) is 11.4 Å². The van der Waals surface area contributed by atoms with E-state index in [-0.39, 0.29) is 23.3 Å². The van der Waals surface area contributed by atoms with E-state index >= 15 is 0 Å². The van der Waals surface area contributed by atoms with E-state index in [4.69, 9.17) is 11.6 Å². The molecular weight excluding hydrogens is 367 g/mol. The highest BCUT2D eigenvalue weighted by atomic mass is 35.5. The lowest BCUT2D eigenvalue weighted by atomic mass is 10.1. The lowest BCUT2D eigenvalue weighted by molar-refractivity contribution is -0.115. The number of hydrogen-bond donors (Lipinski definition) is 2. The molecule has 3 rings (SSSR count). The highest BCUT2D eigenvalue weighted by molar-refractivity contribution is 6.31. The van der Waals surface area contributed by atoms with Crippen LogP contribution in [-0.4, -0.2) is 11.8 Å². The highest BCUT2D eigenvalue weighted by Crippen LogP contribution is 2.20. The molecule has 0 saturated carbocycles. The number of benzene rings is 3. The fourth-order valence-electron chi connectivity index (χ4n) is 2.47. The Balaban J connectivity index is 1.60. The molecule has 0 spiro atoms. The van der Waals surface area contributed by atoms with Crippen molar-refractivity contribution in [2.45, 2.75) is 6.42 Å². The molecule has 0 bridgehead atoms. The van der Waals surface area contributed by atoms with Crippen LogP contribution in [0.1, 0.15) is 15.9 Å². The largest absolute Gasteiger partial charge is 0.326 e. The number of carbonyl (C=O) groups is 2. The standard InChI is InChI=1S/C21H16ClFN2O2/c22-18-13-17(10-11-19(18)23)25-21(27)15-6-8-16(9-7-15)24-20(26)12-14-4-2-1-3-5-14/h1-11,13H,12H2,(H,24,26)(H,25,27). The van der Waals surface area contributed by atoms with E-state index in [0.29, 0.717) is 16.9 Å². The first kappa shape index (κ1) is 18.6. The van der Waals surface area contributed by atoms with Crippen LogP contribution in [0.2, 0.25) is 5.02 Å². The lowest BCUT2D eigenvalue weighted by Gasteiger charge is -2.08. The Hall–Kier alpha value is -3.18. The topological polar surface area (TPSA) is 58.2 Å². The zero-order valence-corrected chi connectivity index (χ0v) is 15.0. The molecule has 0 aliphatic heterocycles. The van der Waals surface area contributed by atoms with E-state index in [2.05, 4.69) is 10.6 Å². The Morgan fingerprint density at radius 2 is 1.52 bits per heavy atom. The normalized spacial score (nSPS) is 10.3. The molecule has 2 amide bonds. The number of rotatable bonds is 5. The molecule has 3 aromatic carbocycles. The summed E-state index contributed by atoms with van der Waals surface area (Å²) in [5.74, 6) is -1.05. The molecule has 0 aliphatic rings. The average Bonchev–Trinajstić information content (AvgIpc) is 2.66. The van der Waals surface area contributed by atoms with Crippen LogP contribution >= 0.6 is 11.6 Å². The second kappa shape index (κ2) is 8.47. The molecule has 2 N–H and O–H groups in total. The van der Waals surface area contributed by atoms with E-state index in [1.54, 1.807) is 24.3 Å². The molecule has 0 atom stereocenters. The van der Waals surface area contributed by atoms with Gasteiger partial charge in [-0.15, -0.1) is 0 Å². The minimum atomic E-state index is -0.551. The fraction of sp³-hybridized carbons (Fsp3) is 0.0476. The van der Waals surface area contributed by atoms with Crippen molar-refractivity contribution in [1.29, 1.82) is 0 Å². The molecule has 0 saturated heterocycles. The van der Waals surface area contributed by atoms with Gasteiger partial charge in [-0.1, -0.05) is 41.9 Å². The minimum Gasteiger partial charge on any atom is -0.326 e. The molecule has 0 fully saturated rings. The van der Waals surface area contributed by atoms with Gasteiger partial charge in [-0.3, -0.25) is 9.59 Å². The molecule has 0 radical (unpaired) electrons. The molecule has 3 aromatic rings. The first-order valence-electron chi connectivity index (χ1n) is 8.21. The zero-order chi connectivity index (χ0) is 19.2. The van der Waals surface area contributed by atoms with Crippen LogP contribution in [0.25, 0.3) is 0 Å². The van der Waals surface area contributed by atoms with Crippen molar-refractivity contribution in [1.82, 2.24) is 0 Å². The molecule has 4 nitrogen and oxygen atoms in total. The Bertz CT molecular complexity index is 960. The lowest BCUT2D eigenvalue weighted by Crippen LogP contribution is -2.15. The van der Waals surface area contributed by atoms with Crippen LogP contribution in [0.5, 0.6) is 0 Å². The summed E-state index contributed by atoms with van der Waals surface area (Å²) in [6, 6.07) is 19.9. The van der Waals surface area contributed by atoms with E-state index in [9.17, 15) is 14.0 Å². The maximum absolute atomic E-state index is 13.2. The Labute approximate surface area is 161 Å². The number of amides is 2. The van der Waals surface area contributed by atoms with E-state index in [1.165, 1.54) is 18.2 Å². The van der Waals surface area contributed by atoms with Gasteiger partial charge in [0.1, 0.15) is 5.82 Å². The van der Waals surface area contributed by atoms with Crippen LogP contribution in [0.15, 0.2) is 72.8 Å². The van der Waals surface area contributed by atoms with Gasteiger partial charge in [0, 0.05) is 16.9 Å². The van der Waals surface area contributed by atoms with Crippen molar-refractivity contribution in [3.63, 3.8) is 0 Å². The molecule has 27 heavy (non-hydrogen) atoms. The minimum absolute atomic E-state index is 0.0655. The maximum atomic E-state index is 13.2. The number of carbonyl (C=O) groups excluding carboxylic acids is 2. The quantitative estimate of drug-likeness (QED) is 0.658. The van der Waals surface area contributed by atoms with Gasteiger partial charge in [-0.05, 0) is 48.0 Å². The van der Waals surface area contributed by atoms with Crippen LogP contribution in [0, 0.1) is 5.82 Å². The summed E-state index contributed by atoms with van der Waals surface area (Å²) >= 11 is 5.70. The van der Waals surface area contributed by atoms with Gasteiger partial charge in [-0.25, -0.2) is 4.39 Å². The van der Waals surface area contributed by atoms with Gasteiger partial charge < -0.3 is 10.6 Å².